The Morgan fingerprint density at radius 3 is 2.93 bits per heavy atom. The van der Waals surface area contributed by atoms with E-state index in [1.54, 1.807) is 30.3 Å². The molecule has 0 saturated carbocycles. The first-order valence-electron chi connectivity index (χ1n) is 9.78. The van der Waals surface area contributed by atoms with Crippen molar-refractivity contribution in [3.05, 3.63) is 65.3 Å². The van der Waals surface area contributed by atoms with E-state index in [4.69, 9.17) is 21.4 Å². The minimum atomic E-state index is -0.568. The van der Waals surface area contributed by atoms with Gasteiger partial charge in [0.25, 0.3) is 0 Å². The summed E-state index contributed by atoms with van der Waals surface area (Å²) in [6.07, 6.45) is 4.58. The lowest BCUT2D eigenvalue weighted by atomic mass is 9.84. The number of Topliss-reactive ketones (excluding diaryl/α,β-unsaturated/α-hetero) is 1. The van der Waals surface area contributed by atoms with Gasteiger partial charge in [0.15, 0.2) is 10.9 Å². The van der Waals surface area contributed by atoms with Crippen molar-refractivity contribution in [1.82, 2.24) is 10.2 Å². The summed E-state index contributed by atoms with van der Waals surface area (Å²) in [5, 5.41) is 3.95. The van der Waals surface area contributed by atoms with Crippen LogP contribution in [0.25, 0.3) is 0 Å². The second-order valence-electron chi connectivity index (χ2n) is 7.11. The third-order valence-electron chi connectivity index (χ3n) is 5.13. The van der Waals surface area contributed by atoms with Crippen LogP contribution in [-0.2, 0) is 4.79 Å². The van der Waals surface area contributed by atoms with Crippen LogP contribution in [0, 0.1) is 0 Å². The van der Waals surface area contributed by atoms with E-state index < -0.39 is 5.97 Å². The van der Waals surface area contributed by atoms with Gasteiger partial charge in [0.2, 0.25) is 5.76 Å². The quantitative estimate of drug-likeness (QED) is 0.451. The maximum Gasteiger partial charge on any atom is 0.379 e. The molecule has 1 aromatic heterocycles. The van der Waals surface area contributed by atoms with Crippen molar-refractivity contribution in [3.63, 3.8) is 0 Å². The molecular weight excluding hydrogens is 388 g/mol. The lowest BCUT2D eigenvalue weighted by Gasteiger charge is -2.41. The van der Waals surface area contributed by atoms with E-state index in [0.29, 0.717) is 17.3 Å². The maximum atomic E-state index is 12.8. The molecule has 4 rings (SSSR count). The molecule has 0 radical (unpaired) electrons. The van der Waals surface area contributed by atoms with Crippen molar-refractivity contribution >= 4 is 29.1 Å². The molecule has 2 aromatic rings. The molecule has 1 aromatic carbocycles. The van der Waals surface area contributed by atoms with Crippen molar-refractivity contribution in [3.8, 4) is 5.75 Å². The van der Waals surface area contributed by atoms with Crippen LogP contribution in [0.3, 0.4) is 0 Å². The third kappa shape index (κ3) is 3.82. The van der Waals surface area contributed by atoms with Crippen LogP contribution in [0.5, 0.6) is 5.75 Å². The highest BCUT2D eigenvalue weighted by Gasteiger charge is 2.37. The Labute approximate surface area is 174 Å². The monoisotopic (exact) mass is 410 g/mol. The highest BCUT2D eigenvalue weighted by molar-refractivity contribution is 7.80. The Kier molecular flexibility index (Phi) is 5.49. The molecule has 1 aliphatic heterocycles. The number of nitrogens with zero attached hydrogens (tertiary/aromatic N) is 1. The Hall–Kier alpha value is -2.93. The number of hydrogen-bond acceptors (Lipinski definition) is 5. The number of thiocarbonyl (C=S) groups is 1. The molecule has 150 valence electrons. The van der Waals surface area contributed by atoms with Gasteiger partial charge in [-0.05, 0) is 61.3 Å². The topological polar surface area (TPSA) is 71.8 Å². The van der Waals surface area contributed by atoms with Gasteiger partial charge >= 0.3 is 5.97 Å². The molecule has 0 bridgehead atoms. The molecule has 29 heavy (non-hydrogen) atoms. The number of furan rings is 1. The molecule has 1 aliphatic carbocycles. The first-order valence-corrected chi connectivity index (χ1v) is 10.2. The van der Waals surface area contributed by atoms with Crippen LogP contribution in [0.2, 0.25) is 0 Å². The summed E-state index contributed by atoms with van der Waals surface area (Å²) < 4.78 is 10.5. The number of esters is 1. The highest BCUT2D eigenvalue weighted by Crippen LogP contribution is 2.38. The largest absolute Gasteiger partial charge is 0.457 e. The number of nitrogens with one attached hydrogen (secondary N) is 1. The summed E-state index contributed by atoms with van der Waals surface area (Å²) in [5.41, 5.74) is 2.62. The van der Waals surface area contributed by atoms with Crippen molar-refractivity contribution < 1.29 is 18.7 Å². The zero-order valence-electron chi connectivity index (χ0n) is 16.1. The molecule has 1 N–H and O–H groups in total. The van der Waals surface area contributed by atoms with Crippen LogP contribution in [-0.4, -0.2) is 28.3 Å². The third-order valence-corrected chi connectivity index (χ3v) is 5.47. The number of ether oxygens (including phenoxy) is 1. The van der Waals surface area contributed by atoms with E-state index >= 15 is 0 Å². The lowest BCUT2D eigenvalue weighted by Crippen LogP contribution is -2.49. The fourth-order valence-electron chi connectivity index (χ4n) is 3.87. The maximum absolute atomic E-state index is 12.8. The molecule has 0 spiro atoms. The molecule has 1 unspecified atom stereocenters. The van der Waals surface area contributed by atoms with Gasteiger partial charge in [0.05, 0.1) is 12.3 Å². The zero-order valence-corrected chi connectivity index (χ0v) is 17.0. The first-order chi connectivity index (χ1) is 14.1. The molecule has 6 nitrogen and oxygen atoms in total. The van der Waals surface area contributed by atoms with Gasteiger partial charge in [-0.25, -0.2) is 4.79 Å². The summed E-state index contributed by atoms with van der Waals surface area (Å²) in [7, 11) is 0. The molecule has 2 heterocycles. The Morgan fingerprint density at radius 1 is 1.31 bits per heavy atom. The summed E-state index contributed by atoms with van der Waals surface area (Å²) in [5.74, 6) is 0.0976. The van der Waals surface area contributed by atoms with Gasteiger partial charge < -0.3 is 19.4 Å². The fraction of sp³-hybridized carbons (Fsp3) is 0.318. The van der Waals surface area contributed by atoms with Crippen LogP contribution in [0.15, 0.2) is 58.3 Å². The number of carbonyl (C=O) groups is 2. The first kappa shape index (κ1) is 19.4. The minimum Gasteiger partial charge on any atom is -0.457 e. The normalized spacial score (nSPS) is 19.1. The zero-order chi connectivity index (χ0) is 20.4. The van der Waals surface area contributed by atoms with Crippen molar-refractivity contribution in [2.75, 3.05) is 6.54 Å². The average molecular weight is 410 g/mol. The van der Waals surface area contributed by atoms with Crippen LogP contribution in [0.1, 0.15) is 54.8 Å². The smallest absolute Gasteiger partial charge is 0.379 e. The van der Waals surface area contributed by atoms with Gasteiger partial charge in [-0.15, -0.1) is 0 Å². The Bertz CT molecular complexity index is 980. The summed E-state index contributed by atoms with van der Waals surface area (Å²) >= 11 is 5.61. The number of rotatable bonds is 5. The fourth-order valence-corrected chi connectivity index (χ4v) is 4.19. The second kappa shape index (κ2) is 8.21. The van der Waals surface area contributed by atoms with Crippen LogP contribution < -0.4 is 10.1 Å². The molecule has 0 saturated heterocycles. The second-order valence-corrected chi connectivity index (χ2v) is 7.50. The predicted octanol–water partition coefficient (Wildman–Crippen LogP) is 4.15. The van der Waals surface area contributed by atoms with Gasteiger partial charge in [0, 0.05) is 24.2 Å². The van der Waals surface area contributed by atoms with Gasteiger partial charge in [0.1, 0.15) is 5.75 Å². The van der Waals surface area contributed by atoms with Crippen molar-refractivity contribution in [1.29, 1.82) is 0 Å². The number of benzene rings is 1. The molecule has 0 amide bonds. The van der Waals surface area contributed by atoms with Gasteiger partial charge in [-0.2, -0.15) is 0 Å². The highest BCUT2D eigenvalue weighted by atomic mass is 32.1. The summed E-state index contributed by atoms with van der Waals surface area (Å²) in [6.45, 7) is 2.88. The van der Waals surface area contributed by atoms with E-state index in [0.717, 1.165) is 42.6 Å². The molecular formula is C22H22N2O4S. The molecule has 0 fully saturated rings. The number of carbonyl (C=O) groups excluding carboxylic acids is 2. The predicted molar refractivity (Wildman–Crippen MR) is 111 cm³/mol. The van der Waals surface area contributed by atoms with E-state index in [2.05, 4.69) is 17.1 Å². The van der Waals surface area contributed by atoms with Crippen LogP contribution in [0.4, 0.5) is 0 Å². The van der Waals surface area contributed by atoms with Crippen LogP contribution >= 0.6 is 12.2 Å². The van der Waals surface area contributed by atoms with E-state index in [1.165, 1.54) is 6.26 Å². The standard InChI is InChI=1S/C22H22N2O4S/c1-2-11-24-16-8-4-9-17(25)19(16)20(23-22(24)29)14-6-3-7-15(13-14)28-21(26)18-10-5-12-27-18/h3,5-7,10,12-13,20H,2,4,8-9,11H2,1H3,(H,23,29). The molecule has 2 aliphatic rings. The Balaban J connectivity index is 1.67. The van der Waals surface area contributed by atoms with E-state index in [9.17, 15) is 9.59 Å². The molecule has 1 atom stereocenters. The average Bonchev–Trinajstić information content (AvgIpc) is 3.25. The van der Waals surface area contributed by atoms with E-state index in [-0.39, 0.29) is 17.6 Å². The SMILES string of the molecule is CCCN1C(=S)NC(c2cccc(OC(=O)c3ccco3)c2)C2=C1CCCC2=O. The number of hydrogen-bond donors (Lipinski definition) is 1. The van der Waals surface area contributed by atoms with E-state index in [1.807, 2.05) is 6.07 Å². The van der Waals surface area contributed by atoms with Gasteiger partial charge in [-0.3, -0.25) is 4.79 Å². The molecule has 7 heteroatoms. The summed E-state index contributed by atoms with van der Waals surface area (Å²) in [4.78, 5) is 27.1. The Morgan fingerprint density at radius 2 is 2.17 bits per heavy atom. The van der Waals surface area contributed by atoms with Crippen molar-refractivity contribution in [2.45, 2.75) is 38.6 Å². The van der Waals surface area contributed by atoms with Gasteiger partial charge in [-0.1, -0.05) is 19.1 Å². The lowest BCUT2D eigenvalue weighted by molar-refractivity contribution is -0.116. The number of ketones is 1. The van der Waals surface area contributed by atoms with Crippen molar-refractivity contribution in [2.24, 2.45) is 0 Å². The summed E-state index contributed by atoms with van der Waals surface area (Å²) in [6, 6.07) is 10.0. The minimum absolute atomic E-state index is 0.134. The number of allylic oxidation sites excluding steroid dienone is 1.